The molecule has 3 aromatic rings. The SMILES string of the molecule is Cc1ccc(C(F)(F)CNC(=O)c2cc(Cl)ncc2Sc2cc(Cl)cc(Cl)c2)c(C)c1. The molecule has 2 aromatic carbocycles. The van der Waals surface area contributed by atoms with Gasteiger partial charge in [0.05, 0.1) is 12.1 Å². The van der Waals surface area contributed by atoms with Crippen LogP contribution in [-0.2, 0) is 5.92 Å². The minimum atomic E-state index is -3.24. The molecular formula is C22H17Cl3F2N2OS. The van der Waals surface area contributed by atoms with Gasteiger partial charge in [0, 0.05) is 31.6 Å². The third-order valence-corrected chi connectivity index (χ3v) is 6.05. The Bertz CT molecular complexity index is 1120. The molecule has 0 unspecified atom stereocenters. The Kier molecular flexibility index (Phi) is 7.47. The molecule has 1 heterocycles. The average molecular weight is 502 g/mol. The molecule has 1 N–H and O–H groups in total. The summed E-state index contributed by atoms with van der Waals surface area (Å²) in [4.78, 5) is 17.8. The fourth-order valence-corrected chi connectivity index (χ4v) is 4.80. The van der Waals surface area contributed by atoms with Crippen molar-refractivity contribution < 1.29 is 13.6 Å². The van der Waals surface area contributed by atoms with Gasteiger partial charge in [-0.2, -0.15) is 8.78 Å². The highest BCUT2D eigenvalue weighted by Crippen LogP contribution is 2.35. The number of rotatable bonds is 6. The summed E-state index contributed by atoms with van der Waals surface area (Å²) < 4.78 is 29.5. The van der Waals surface area contributed by atoms with Gasteiger partial charge in [-0.25, -0.2) is 4.98 Å². The van der Waals surface area contributed by atoms with Gasteiger partial charge >= 0.3 is 0 Å². The number of carbonyl (C=O) groups excluding carboxylic acids is 1. The summed E-state index contributed by atoms with van der Waals surface area (Å²) in [5.74, 6) is -3.93. The lowest BCUT2D eigenvalue weighted by atomic mass is 10.00. The predicted molar refractivity (Wildman–Crippen MR) is 122 cm³/mol. The van der Waals surface area contributed by atoms with E-state index < -0.39 is 18.4 Å². The third kappa shape index (κ3) is 6.10. The van der Waals surface area contributed by atoms with E-state index in [1.807, 2.05) is 6.92 Å². The van der Waals surface area contributed by atoms with Crippen molar-refractivity contribution in [3.63, 3.8) is 0 Å². The number of aryl methyl sites for hydroxylation is 2. The van der Waals surface area contributed by atoms with Gasteiger partial charge in [0.1, 0.15) is 5.15 Å². The number of hydrogen-bond donors (Lipinski definition) is 1. The van der Waals surface area contributed by atoms with Crippen molar-refractivity contribution >= 4 is 52.5 Å². The van der Waals surface area contributed by atoms with Gasteiger partial charge in [-0.1, -0.05) is 70.3 Å². The summed E-state index contributed by atoms with van der Waals surface area (Å²) in [6.07, 6.45) is 1.40. The highest BCUT2D eigenvalue weighted by molar-refractivity contribution is 7.99. The molecule has 0 atom stereocenters. The number of pyridine rings is 1. The zero-order valence-electron chi connectivity index (χ0n) is 16.5. The number of aromatic nitrogens is 1. The average Bonchev–Trinajstić information content (AvgIpc) is 2.66. The van der Waals surface area contributed by atoms with Crippen LogP contribution in [0, 0.1) is 13.8 Å². The number of nitrogens with zero attached hydrogens (tertiary/aromatic N) is 1. The summed E-state index contributed by atoms with van der Waals surface area (Å²) in [6, 6.07) is 10.9. The zero-order chi connectivity index (χ0) is 22.8. The molecule has 0 aliphatic rings. The second kappa shape index (κ2) is 9.74. The van der Waals surface area contributed by atoms with Gasteiger partial charge in [0.15, 0.2) is 0 Å². The standard InChI is InChI=1S/C22H17Cl3F2N2OS/c1-12-3-4-18(13(2)5-12)22(26,27)11-29-21(30)17-9-20(25)28-10-19(17)31-16-7-14(23)6-15(24)8-16/h3-10H,11H2,1-2H3,(H,29,30). The van der Waals surface area contributed by atoms with Gasteiger partial charge in [-0.3, -0.25) is 4.79 Å². The predicted octanol–water partition coefficient (Wildman–Crippen LogP) is 7.33. The van der Waals surface area contributed by atoms with Gasteiger partial charge in [0.25, 0.3) is 11.8 Å². The summed E-state index contributed by atoms with van der Waals surface area (Å²) in [7, 11) is 0. The van der Waals surface area contributed by atoms with Crippen molar-refractivity contribution in [2.24, 2.45) is 0 Å². The Morgan fingerprint density at radius 3 is 2.39 bits per heavy atom. The number of halogens is 5. The number of alkyl halides is 2. The van der Waals surface area contributed by atoms with Gasteiger partial charge in [-0.15, -0.1) is 0 Å². The van der Waals surface area contributed by atoms with Crippen LogP contribution in [0.15, 0.2) is 58.5 Å². The van der Waals surface area contributed by atoms with E-state index in [0.29, 0.717) is 25.4 Å². The normalized spacial score (nSPS) is 11.5. The summed E-state index contributed by atoms with van der Waals surface area (Å²) in [5, 5.41) is 3.24. The Morgan fingerprint density at radius 1 is 1.06 bits per heavy atom. The molecule has 0 bridgehead atoms. The Hall–Kier alpha value is -1.86. The van der Waals surface area contributed by atoms with Crippen LogP contribution in [-0.4, -0.2) is 17.4 Å². The smallest absolute Gasteiger partial charge is 0.290 e. The number of benzene rings is 2. The highest BCUT2D eigenvalue weighted by Gasteiger charge is 2.34. The molecule has 3 nitrogen and oxygen atoms in total. The summed E-state index contributed by atoms with van der Waals surface area (Å²) >= 11 is 19.2. The van der Waals surface area contributed by atoms with Gasteiger partial charge < -0.3 is 5.32 Å². The largest absolute Gasteiger partial charge is 0.346 e. The molecule has 0 fully saturated rings. The van der Waals surface area contributed by atoms with Gasteiger partial charge in [-0.05, 0) is 43.7 Å². The first-order chi connectivity index (χ1) is 14.5. The van der Waals surface area contributed by atoms with E-state index >= 15 is 0 Å². The quantitative estimate of drug-likeness (QED) is 0.360. The maximum absolute atomic E-state index is 14.8. The molecule has 3 rings (SSSR count). The van der Waals surface area contributed by atoms with E-state index in [-0.39, 0.29) is 16.3 Å². The molecule has 162 valence electrons. The molecule has 0 radical (unpaired) electrons. The maximum Gasteiger partial charge on any atom is 0.290 e. The molecule has 31 heavy (non-hydrogen) atoms. The number of amides is 1. The molecule has 0 saturated carbocycles. The van der Waals surface area contributed by atoms with Crippen LogP contribution in [0.5, 0.6) is 0 Å². The first-order valence-electron chi connectivity index (χ1n) is 9.08. The minimum absolute atomic E-state index is 0.0692. The van der Waals surface area contributed by atoms with Crippen LogP contribution in [0.1, 0.15) is 27.0 Å². The van der Waals surface area contributed by atoms with Crippen LogP contribution in [0.2, 0.25) is 15.2 Å². The van der Waals surface area contributed by atoms with E-state index in [9.17, 15) is 13.6 Å². The minimum Gasteiger partial charge on any atom is -0.346 e. The highest BCUT2D eigenvalue weighted by atomic mass is 35.5. The van der Waals surface area contributed by atoms with Crippen molar-refractivity contribution in [3.05, 3.63) is 86.1 Å². The van der Waals surface area contributed by atoms with Crippen molar-refractivity contribution in [3.8, 4) is 0 Å². The molecule has 0 saturated heterocycles. The molecule has 1 aromatic heterocycles. The lowest BCUT2D eigenvalue weighted by Crippen LogP contribution is -2.35. The lowest BCUT2D eigenvalue weighted by Gasteiger charge is -2.20. The third-order valence-electron chi connectivity index (χ3n) is 4.39. The maximum atomic E-state index is 14.8. The Labute approximate surface area is 198 Å². The van der Waals surface area contributed by atoms with Crippen molar-refractivity contribution in [1.29, 1.82) is 0 Å². The van der Waals surface area contributed by atoms with Crippen molar-refractivity contribution in [2.45, 2.75) is 29.6 Å². The molecule has 9 heteroatoms. The summed E-state index contributed by atoms with van der Waals surface area (Å²) in [6.45, 7) is 2.59. The van der Waals surface area contributed by atoms with Crippen LogP contribution in [0.4, 0.5) is 8.78 Å². The van der Waals surface area contributed by atoms with Crippen LogP contribution >= 0.6 is 46.6 Å². The van der Waals surface area contributed by atoms with Crippen LogP contribution in [0.3, 0.4) is 0 Å². The second-order valence-electron chi connectivity index (χ2n) is 6.92. The van der Waals surface area contributed by atoms with Crippen molar-refractivity contribution in [2.75, 3.05) is 6.54 Å². The monoisotopic (exact) mass is 500 g/mol. The van der Waals surface area contributed by atoms with Gasteiger partial charge in [0.2, 0.25) is 0 Å². The fraction of sp³-hybridized carbons (Fsp3) is 0.182. The number of carbonyl (C=O) groups is 1. The number of hydrogen-bond acceptors (Lipinski definition) is 3. The Balaban J connectivity index is 1.82. The zero-order valence-corrected chi connectivity index (χ0v) is 19.6. The van der Waals surface area contributed by atoms with E-state index in [1.54, 1.807) is 37.3 Å². The molecular weight excluding hydrogens is 485 g/mol. The lowest BCUT2D eigenvalue weighted by molar-refractivity contribution is -0.00310. The molecule has 0 aliphatic heterocycles. The second-order valence-corrected chi connectivity index (χ2v) is 9.29. The van der Waals surface area contributed by atoms with E-state index in [2.05, 4.69) is 10.3 Å². The Morgan fingerprint density at radius 2 is 1.74 bits per heavy atom. The first-order valence-corrected chi connectivity index (χ1v) is 11.0. The van der Waals surface area contributed by atoms with Crippen molar-refractivity contribution in [1.82, 2.24) is 10.3 Å². The topological polar surface area (TPSA) is 42.0 Å². The van der Waals surface area contributed by atoms with E-state index in [0.717, 1.165) is 5.56 Å². The summed E-state index contributed by atoms with van der Waals surface area (Å²) in [5.41, 5.74) is 1.34. The van der Waals surface area contributed by atoms with Crippen LogP contribution in [0.25, 0.3) is 0 Å². The molecule has 1 amide bonds. The molecule has 0 spiro atoms. The van der Waals surface area contributed by atoms with E-state index in [4.69, 9.17) is 34.8 Å². The number of nitrogens with one attached hydrogen (secondary N) is 1. The van der Waals surface area contributed by atoms with E-state index in [1.165, 1.54) is 30.1 Å². The first kappa shape index (κ1) is 23.8. The fourth-order valence-electron chi connectivity index (χ4n) is 3.00. The molecule has 0 aliphatic carbocycles. The van der Waals surface area contributed by atoms with Crippen LogP contribution < -0.4 is 5.32 Å².